The topological polar surface area (TPSA) is 116 Å². The van der Waals surface area contributed by atoms with Crippen LogP contribution in [0.3, 0.4) is 0 Å². The summed E-state index contributed by atoms with van der Waals surface area (Å²) in [5.41, 5.74) is 0.618. The second-order valence-electron chi connectivity index (χ2n) is 8.92. The Morgan fingerprint density at radius 1 is 1.11 bits per heavy atom. The zero-order chi connectivity index (χ0) is 25.5. The Balaban J connectivity index is 0.00000612. The van der Waals surface area contributed by atoms with Gasteiger partial charge in [-0.2, -0.15) is 0 Å². The number of carbonyl (C=O) groups is 2. The predicted octanol–water partition coefficient (Wildman–Crippen LogP) is 1.36. The van der Waals surface area contributed by atoms with Gasteiger partial charge in [-0.05, 0) is 65.5 Å². The molecule has 1 atom stereocenters. The van der Waals surface area contributed by atoms with E-state index < -0.39 is 17.5 Å². The molecule has 2 aromatic carbocycles. The number of rotatable bonds is 13. The second-order valence-corrected chi connectivity index (χ2v) is 9.78. The van der Waals surface area contributed by atoms with Crippen molar-refractivity contribution in [3.05, 3.63) is 51.5 Å². The van der Waals surface area contributed by atoms with Crippen LogP contribution in [0.1, 0.15) is 74.5 Å². The van der Waals surface area contributed by atoms with Crippen molar-refractivity contribution >= 4 is 27.7 Å². The minimum absolute atomic E-state index is 0. The summed E-state index contributed by atoms with van der Waals surface area (Å²) in [6.07, 6.45) is 0.740. The molecule has 186 valence electrons. The van der Waals surface area contributed by atoms with Crippen LogP contribution in [0.25, 0.3) is 0 Å². The number of Topliss-reactive ketones (excluding diaryl/α,β-unsaturated/α-hetero) is 1. The van der Waals surface area contributed by atoms with Gasteiger partial charge in [-0.3, -0.25) is 4.79 Å². The van der Waals surface area contributed by atoms with Crippen LogP contribution in [-0.2, 0) is 11.2 Å². The van der Waals surface area contributed by atoms with Gasteiger partial charge in [0.25, 0.3) is 0 Å². The van der Waals surface area contributed by atoms with Gasteiger partial charge in [-0.1, -0.05) is 33.3 Å². The molecule has 1 unspecified atom stereocenters. The largest absolute Gasteiger partial charge is 1.00 e. The number of hydrogen-bond donors (Lipinski definition) is 2. The van der Waals surface area contributed by atoms with Gasteiger partial charge in [0.05, 0.1) is 29.4 Å². The molecule has 0 saturated carbocycles. The van der Waals surface area contributed by atoms with Gasteiger partial charge in [0.15, 0.2) is 5.78 Å². The summed E-state index contributed by atoms with van der Waals surface area (Å²) in [5.74, 6) is -0.276. The number of ketones is 1. The molecular weight excluding hydrogens is 527 g/mol. The molecule has 35 heavy (non-hydrogen) atoms. The Bertz CT molecular complexity index is 1020. The molecule has 0 saturated heterocycles. The third-order valence-corrected chi connectivity index (χ3v) is 6.15. The molecule has 2 rings (SSSR count). The third kappa shape index (κ3) is 8.79. The van der Waals surface area contributed by atoms with Crippen LogP contribution in [0.4, 0.5) is 0 Å². The van der Waals surface area contributed by atoms with Crippen LogP contribution in [-0.4, -0.2) is 35.2 Å². The molecule has 2 N–H and O–H groups in total. The number of carbonyl (C=O) groups excluding carboxylic acids is 2. The van der Waals surface area contributed by atoms with Crippen LogP contribution in [0, 0.1) is 5.41 Å². The zero-order valence-corrected chi connectivity index (χ0v) is 24.6. The number of aliphatic carboxylic acids is 1. The Morgan fingerprint density at radius 2 is 1.71 bits per heavy atom. The molecular formula is C26H32BrNaO7. The van der Waals surface area contributed by atoms with Crippen molar-refractivity contribution in [1.82, 2.24) is 0 Å². The number of benzene rings is 2. The molecule has 0 spiro atoms. The maximum Gasteiger partial charge on any atom is 1.00 e. The SMILES string of the molecule is CCCc1c(OCCCOc2ccc(C(O)C(C)(C)CC(=O)[O-])cc2Br)ccc(C(C)=O)c1O.[Na+]. The van der Waals surface area contributed by atoms with E-state index in [9.17, 15) is 24.9 Å². The van der Waals surface area contributed by atoms with Crippen molar-refractivity contribution in [2.75, 3.05) is 13.2 Å². The van der Waals surface area contributed by atoms with Gasteiger partial charge in [0.1, 0.15) is 17.2 Å². The first kappa shape index (κ1) is 31.4. The van der Waals surface area contributed by atoms with E-state index in [0.717, 1.165) is 6.42 Å². The molecule has 0 aliphatic heterocycles. The molecule has 0 heterocycles. The standard InChI is InChI=1S/C26H33BrO7.Na/c1-5-7-19-21(11-9-18(16(2)28)24(19)31)33-12-6-13-34-22-10-8-17(14-20(22)27)25(32)26(3,4)15-23(29)30;/h8-11,14,25,31-32H,5-7,12-13,15H2,1-4H3,(H,29,30);/q;+1/p-1. The van der Waals surface area contributed by atoms with Crippen LogP contribution >= 0.6 is 15.9 Å². The number of carboxylic acid groups (broad SMARTS) is 1. The van der Waals surface area contributed by atoms with Gasteiger partial charge < -0.3 is 29.6 Å². The summed E-state index contributed by atoms with van der Waals surface area (Å²) < 4.78 is 12.3. The molecule has 0 aliphatic rings. The number of hydrogen-bond acceptors (Lipinski definition) is 7. The summed E-state index contributed by atoms with van der Waals surface area (Å²) in [6.45, 7) is 7.49. The van der Waals surface area contributed by atoms with Crippen molar-refractivity contribution in [3.63, 3.8) is 0 Å². The van der Waals surface area contributed by atoms with E-state index in [0.29, 0.717) is 58.7 Å². The summed E-state index contributed by atoms with van der Waals surface area (Å²) in [7, 11) is 0. The first-order valence-electron chi connectivity index (χ1n) is 11.3. The average molecular weight is 559 g/mol. The predicted molar refractivity (Wildman–Crippen MR) is 130 cm³/mol. The fourth-order valence-corrected chi connectivity index (χ4v) is 4.19. The Labute approximate surface area is 237 Å². The Morgan fingerprint density at radius 3 is 2.26 bits per heavy atom. The fraction of sp³-hybridized carbons (Fsp3) is 0.462. The van der Waals surface area contributed by atoms with Gasteiger partial charge in [0, 0.05) is 23.4 Å². The number of aromatic hydroxyl groups is 1. The number of aliphatic hydroxyl groups excluding tert-OH is 1. The Hall–Kier alpha value is -1.58. The van der Waals surface area contributed by atoms with Crippen LogP contribution in [0.5, 0.6) is 17.2 Å². The molecule has 0 amide bonds. The first-order valence-corrected chi connectivity index (χ1v) is 12.1. The molecule has 0 bridgehead atoms. The van der Waals surface area contributed by atoms with Crippen molar-refractivity contribution in [1.29, 1.82) is 0 Å². The van der Waals surface area contributed by atoms with Crippen molar-refractivity contribution in [2.24, 2.45) is 5.41 Å². The van der Waals surface area contributed by atoms with E-state index in [1.807, 2.05) is 6.92 Å². The molecule has 0 fully saturated rings. The zero-order valence-electron chi connectivity index (χ0n) is 21.0. The number of aliphatic hydroxyl groups is 1. The van der Waals surface area contributed by atoms with E-state index in [2.05, 4.69) is 15.9 Å². The van der Waals surface area contributed by atoms with E-state index in [1.165, 1.54) is 6.92 Å². The summed E-state index contributed by atoms with van der Waals surface area (Å²) in [6, 6.07) is 8.42. The molecule has 0 aliphatic carbocycles. The van der Waals surface area contributed by atoms with Crippen molar-refractivity contribution in [2.45, 2.75) is 59.5 Å². The maximum atomic E-state index is 11.7. The van der Waals surface area contributed by atoms with E-state index in [1.54, 1.807) is 44.2 Å². The fourth-order valence-electron chi connectivity index (χ4n) is 3.68. The molecule has 9 heteroatoms. The van der Waals surface area contributed by atoms with Gasteiger partial charge >= 0.3 is 29.6 Å². The first-order chi connectivity index (χ1) is 16.0. The molecule has 0 radical (unpaired) electrons. The second kappa shape index (κ2) is 14.2. The number of carboxylic acids is 1. The summed E-state index contributed by atoms with van der Waals surface area (Å²) in [4.78, 5) is 22.6. The monoisotopic (exact) mass is 558 g/mol. The number of phenols is 1. The molecule has 7 nitrogen and oxygen atoms in total. The average Bonchev–Trinajstić information content (AvgIpc) is 2.75. The maximum absolute atomic E-state index is 11.7. The van der Waals surface area contributed by atoms with E-state index in [-0.39, 0.29) is 47.5 Å². The van der Waals surface area contributed by atoms with Crippen molar-refractivity contribution < 1.29 is 63.9 Å². The summed E-state index contributed by atoms with van der Waals surface area (Å²) in [5, 5.41) is 32.0. The van der Waals surface area contributed by atoms with Gasteiger partial charge in [-0.25, -0.2) is 0 Å². The van der Waals surface area contributed by atoms with Crippen molar-refractivity contribution in [3.8, 4) is 17.2 Å². The number of ether oxygens (including phenoxy) is 2. The minimum Gasteiger partial charge on any atom is -0.550 e. The van der Waals surface area contributed by atoms with Crippen LogP contribution < -0.4 is 44.1 Å². The van der Waals surface area contributed by atoms with E-state index >= 15 is 0 Å². The quantitative estimate of drug-likeness (QED) is 0.216. The Kier molecular flexibility index (Phi) is 12.8. The van der Waals surface area contributed by atoms with Crippen LogP contribution in [0.15, 0.2) is 34.8 Å². The van der Waals surface area contributed by atoms with Gasteiger partial charge in [-0.15, -0.1) is 0 Å². The summed E-state index contributed by atoms with van der Waals surface area (Å²) >= 11 is 3.44. The number of phenolic OH excluding ortho intramolecular Hbond substituents is 1. The molecule has 0 aromatic heterocycles. The van der Waals surface area contributed by atoms with E-state index in [4.69, 9.17) is 9.47 Å². The smallest absolute Gasteiger partial charge is 0.550 e. The minimum atomic E-state index is -1.21. The molecule has 2 aromatic rings. The van der Waals surface area contributed by atoms with Gasteiger partial charge in [0.2, 0.25) is 0 Å². The number of halogens is 1. The normalized spacial score (nSPS) is 11.9. The third-order valence-electron chi connectivity index (χ3n) is 5.53. The van der Waals surface area contributed by atoms with Crippen LogP contribution in [0.2, 0.25) is 0 Å².